The Morgan fingerprint density at radius 2 is 0.898 bits per heavy atom. The largest absolute Gasteiger partial charge is 0.417 e. The van der Waals surface area contributed by atoms with Crippen LogP contribution in [0, 0.1) is 20.8 Å². The van der Waals surface area contributed by atoms with Crippen LogP contribution < -0.4 is 0 Å². The molecule has 0 N–H and O–H groups in total. The number of alkyl halides is 6. The molecule has 6 aromatic carbocycles. The Hall–Kier alpha value is -5.50. The number of aryl methyl sites for hydroxylation is 3. The van der Waals surface area contributed by atoms with Gasteiger partial charge in [-0.15, -0.1) is 0 Å². The lowest BCUT2D eigenvalue weighted by atomic mass is 9.90. The maximum Gasteiger partial charge on any atom is 0.417 e. The lowest BCUT2D eigenvalue weighted by Gasteiger charge is -2.24. The van der Waals surface area contributed by atoms with Gasteiger partial charge in [0, 0.05) is 21.5 Å². The fourth-order valence-corrected chi connectivity index (χ4v) is 7.32. The summed E-state index contributed by atoms with van der Waals surface area (Å²) in [6, 6.07) is 32.6. The molecule has 0 saturated carbocycles. The molecule has 2 nitrogen and oxygen atoms in total. The van der Waals surface area contributed by atoms with Gasteiger partial charge in [-0.3, -0.25) is 0 Å². The normalized spacial score (nSPS) is 12.6. The van der Waals surface area contributed by atoms with E-state index in [-0.39, 0.29) is 11.3 Å². The molecule has 244 valence electrons. The van der Waals surface area contributed by atoms with E-state index in [9.17, 15) is 13.2 Å². The van der Waals surface area contributed by atoms with Crippen molar-refractivity contribution < 1.29 is 26.3 Å². The minimum Gasteiger partial charge on any atom is -0.307 e. The van der Waals surface area contributed by atoms with Gasteiger partial charge in [-0.25, -0.2) is 0 Å². The topological polar surface area (TPSA) is 9.86 Å². The number of halogens is 6. The van der Waals surface area contributed by atoms with Crippen molar-refractivity contribution in [2.45, 2.75) is 33.1 Å². The van der Waals surface area contributed by atoms with E-state index in [4.69, 9.17) is 0 Å². The van der Waals surface area contributed by atoms with E-state index in [0.29, 0.717) is 22.2 Å². The van der Waals surface area contributed by atoms with Crippen LogP contribution in [0.1, 0.15) is 27.8 Å². The van der Waals surface area contributed by atoms with Crippen molar-refractivity contribution in [1.82, 2.24) is 9.13 Å². The first-order chi connectivity index (χ1) is 23.3. The van der Waals surface area contributed by atoms with Crippen molar-refractivity contribution in [3.05, 3.63) is 143 Å². The molecule has 0 fully saturated rings. The highest BCUT2D eigenvalue weighted by Gasteiger charge is 2.40. The first kappa shape index (κ1) is 30.8. The molecule has 0 atom stereocenters. The highest BCUT2D eigenvalue weighted by Crippen LogP contribution is 2.48. The maximum absolute atomic E-state index is 15.3. The second kappa shape index (κ2) is 10.8. The summed E-state index contributed by atoms with van der Waals surface area (Å²) in [6.07, 6.45) is -9.88. The summed E-state index contributed by atoms with van der Waals surface area (Å²) in [7, 11) is 0. The van der Waals surface area contributed by atoms with Gasteiger partial charge in [-0.05, 0) is 91.1 Å². The standard InChI is InChI=1S/C41H28F6N2/c1-23-15-17-28-26-10-4-6-13-33(26)48(35(28)19-23)37-21-30(39-25(3)9-8-12-31(39)40(42,43)44)32(41(45,46)47)22-38(37)49-34-14-7-5-11-27(34)29-18-16-24(2)20-36(29)49/h4-22H,1-3H3. The summed E-state index contributed by atoms with van der Waals surface area (Å²) in [6.45, 7) is 5.26. The van der Waals surface area contributed by atoms with Gasteiger partial charge in [0.25, 0.3) is 0 Å². The van der Waals surface area contributed by atoms with Crippen molar-refractivity contribution in [3.63, 3.8) is 0 Å². The van der Waals surface area contributed by atoms with Crippen molar-refractivity contribution in [1.29, 1.82) is 0 Å². The van der Waals surface area contributed by atoms with Crippen molar-refractivity contribution in [3.8, 4) is 22.5 Å². The molecule has 0 saturated heterocycles. The van der Waals surface area contributed by atoms with Crippen LogP contribution in [0.2, 0.25) is 0 Å². The van der Waals surface area contributed by atoms with E-state index in [1.165, 1.54) is 25.1 Å². The molecule has 0 radical (unpaired) electrons. The smallest absolute Gasteiger partial charge is 0.307 e. The molecule has 49 heavy (non-hydrogen) atoms. The van der Waals surface area contributed by atoms with Gasteiger partial charge in [-0.1, -0.05) is 72.8 Å². The van der Waals surface area contributed by atoms with E-state index in [1.807, 2.05) is 108 Å². The molecular weight excluding hydrogens is 634 g/mol. The zero-order valence-electron chi connectivity index (χ0n) is 26.6. The molecule has 8 rings (SSSR count). The van der Waals surface area contributed by atoms with Crippen molar-refractivity contribution in [2.24, 2.45) is 0 Å². The highest BCUT2D eigenvalue weighted by atomic mass is 19.4. The van der Waals surface area contributed by atoms with Crippen LogP contribution in [0.4, 0.5) is 26.3 Å². The van der Waals surface area contributed by atoms with E-state index in [0.717, 1.165) is 50.3 Å². The summed E-state index contributed by atoms with van der Waals surface area (Å²) in [5.41, 5.74) is 1.94. The fourth-order valence-electron chi connectivity index (χ4n) is 7.32. The molecule has 2 heterocycles. The number of para-hydroxylation sites is 2. The monoisotopic (exact) mass is 662 g/mol. The quantitative estimate of drug-likeness (QED) is 0.167. The molecule has 0 aliphatic rings. The Kier molecular flexibility index (Phi) is 6.76. The van der Waals surface area contributed by atoms with Gasteiger partial charge in [0.2, 0.25) is 0 Å². The molecule has 2 aromatic heterocycles. The Labute approximate surface area is 277 Å². The van der Waals surface area contributed by atoms with Gasteiger partial charge in [0.15, 0.2) is 0 Å². The number of aromatic nitrogens is 2. The molecule has 0 bridgehead atoms. The SMILES string of the molecule is Cc1ccc2c3ccccc3n(-c3cc(-c4c(C)cccc4C(F)(F)F)c(C(F)(F)F)cc3-n3c4ccccc4c4ccc(C)cc43)c2c1. The van der Waals surface area contributed by atoms with Crippen LogP contribution in [0.15, 0.2) is 115 Å². The molecule has 8 heteroatoms. The third kappa shape index (κ3) is 4.80. The van der Waals surface area contributed by atoms with Crippen LogP contribution in [-0.2, 0) is 12.4 Å². The summed E-state index contributed by atoms with van der Waals surface area (Å²) < 4.78 is 93.5. The average molecular weight is 663 g/mol. The van der Waals surface area contributed by atoms with Crippen molar-refractivity contribution >= 4 is 43.6 Å². The average Bonchev–Trinajstić information content (AvgIpc) is 3.55. The van der Waals surface area contributed by atoms with Crippen LogP contribution in [-0.4, -0.2) is 9.13 Å². The lowest BCUT2D eigenvalue weighted by molar-refractivity contribution is -0.139. The van der Waals surface area contributed by atoms with E-state index >= 15 is 13.2 Å². The number of nitrogens with zero attached hydrogens (tertiary/aromatic N) is 2. The predicted molar refractivity (Wildman–Crippen MR) is 185 cm³/mol. The van der Waals surface area contributed by atoms with Crippen LogP contribution in [0.25, 0.3) is 66.1 Å². The zero-order valence-corrected chi connectivity index (χ0v) is 26.6. The minimum atomic E-state index is -4.99. The maximum atomic E-state index is 15.3. The Balaban J connectivity index is 1.64. The second-order valence-electron chi connectivity index (χ2n) is 12.6. The molecule has 0 amide bonds. The number of hydrogen-bond donors (Lipinski definition) is 0. The summed E-state index contributed by atoms with van der Waals surface area (Å²) in [5, 5.41) is 3.44. The predicted octanol–water partition coefficient (Wildman–Crippen LogP) is 12.5. The third-order valence-electron chi connectivity index (χ3n) is 9.41. The second-order valence-corrected chi connectivity index (χ2v) is 12.6. The molecule has 0 aliphatic carbocycles. The van der Waals surface area contributed by atoms with Gasteiger partial charge in [0.1, 0.15) is 0 Å². The molecular formula is C41H28F6N2. The van der Waals surface area contributed by atoms with E-state index in [1.54, 1.807) is 0 Å². The number of fused-ring (bicyclic) bond motifs is 6. The zero-order chi connectivity index (χ0) is 34.4. The number of benzene rings is 6. The summed E-state index contributed by atoms with van der Waals surface area (Å²) in [5.74, 6) is 0. The van der Waals surface area contributed by atoms with Gasteiger partial charge >= 0.3 is 12.4 Å². The molecule has 0 unspecified atom stereocenters. The third-order valence-corrected chi connectivity index (χ3v) is 9.41. The first-order valence-electron chi connectivity index (χ1n) is 15.8. The fraction of sp³-hybridized carbons (Fsp3) is 0.122. The Morgan fingerprint density at radius 3 is 1.41 bits per heavy atom. The summed E-state index contributed by atoms with van der Waals surface area (Å²) >= 11 is 0. The summed E-state index contributed by atoms with van der Waals surface area (Å²) in [4.78, 5) is 0. The minimum absolute atomic E-state index is 0.0876. The van der Waals surface area contributed by atoms with Gasteiger partial charge < -0.3 is 9.13 Å². The van der Waals surface area contributed by atoms with Crippen LogP contribution in [0.3, 0.4) is 0 Å². The Morgan fingerprint density at radius 1 is 0.429 bits per heavy atom. The highest BCUT2D eigenvalue weighted by molar-refractivity contribution is 6.12. The van der Waals surface area contributed by atoms with E-state index in [2.05, 4.69) is 0 Å². The molecule has 8 aromatic rings. The van der Waals surface area contributed by atoms with Crippen LogP contribution >= 0.6 is 0 Å². The van der Waals surface area contributed by atoms with Crippen LogP contribution in [0.5, 0.6) is 0 Å². The number of rotatable bonds is 3. The Bertz CT molecular complexity index is 2620. The van der Waals surface area contributed by atoms with Gasteiger partial charge in [0.05, 0.1) is 44.6 Å². The lowest BCUT2D eigenvalue weighted by Crippen LogP contribution is -2.15. The van der Waals surface area contributed by atoms with E-state index < -0.39 is 34.6 Å². The first-order valence-corrected chi connectivity index (χ1v) is 15.8. The molecule has 0 aliphatic heterocycles. The van der Waals surface area contributed by atoms with Gasteiger partial charge in [-0.2, -0.15) is 26.3 Å². The molecule has 0 spiro atoms. The number of hydrogen-bond acceptors (Lipinski definition) is 0. The van der Waals surface area contributed by atoms with Crippen molar-refractivity contribution in [2.75, 3.05) is 0 Å².